The maximum atomic E-state index is 11.5. The van der Waals surface area contributed by atoms with E-state index >= 15 is 0 Å². The summed E-state index contributed by atoms with van der Waals surface area (Å²) in [6.07, 6.45) is 0. The fourth-order valence-corrected chi connectivity index (χ4v) is 2.46. The second kappa shape index (κ2) is 4.85. The Bertz CT molecular complexity index is 632. The van der Waals surface area contributed by atoms with Crippen molar-refractivity contribution in [1.29, 1.82) is 0 Å². The Hall–Kier alpha value is -1.55. The third-order valence-corrected chi connectivity index (χ3v) is 3.42. The summed E-state index contributed by atoms with van der Waals surface area (Å²) in [5.74, 6) is -0.317. The van der Waals surface area contributed by atoms with Gasteiger partial charge in [0.15, 0.2) is 5.58 Å². The van der Waals surface area contributed by atoms with Crippen molar-refractivity contribution in [2.24, 2.45) is 12.5 Å². The lowest BCUT2D eigenvalue weighted by atomic mass is 9.82. The van der Waals surface area contributed by atoms with Gasteiger partial charge in [-0.2, -0.15) is 0 Å². The lowest BCUT2D eigenvalue weighted by Crippen LogP contribution is -2.32. The van der Waals surface area contributed by atoms with Crippen LogP contribution < -0.4 is 11.1 Å². The van der Waals surface area contributed by atoms with Crippen molar-refractivity contribution in [3.8, 4) is 0 Å². The van der Waals surface area contributed by atoms with E-state index in [0.717, 1.165) is 17.6 Å². The first-order chi connectivity index (χ1) is 8.84. The third kappa shape index (κ3) is 2.59. The largest absolute Gasteiger partial charge is 0.419 e. The van der Waals surface area contributed by atoms with Crippen LogP contribution in [0.2, 0.25) is 0 Å². The Morgan fingerprint density at radius 1 is 1.37 bits per heavy atom. The highest BCUT2D eigenvalue weighted by molar-refractivity contribution is 5.73. The number of rotatable bonds is 3. The summed E-state index contributed by atoms with van der Waals surface area (Å²) in [5, 5.41) is 3.50. The van der Waals surface area contributed by atoms with Crippen LogP contribution in [-0.2, 0) is 7.05 Å². The van der Waals surface area contributed by atoms with E-state index in [-0.39, 0.29) is 17.2 Å². The fraction of sp³-hybridized carbons (Fsp3) is 0.533. The van der Waals surface area contributed by atoms with Gasteiger partial charge in [0.05, 0.1) is 5.52 Å². The van der Waals surface area contributed by atoms with Crippen LogP contribution >= 0.6 is 0 Å². The van der Waals surface area contributed by atoms with Gasteiger partial charge in [-0.15, -0.1) is 0 Å². The molecule has 1 N–H and O–H groups in total. The topological polar surface area (TPSA) is 47.2 Å². The first kappa shape index (κ1) is 13.9. The minimum atomic E-state index is -0.317. The Balaban J connectivity index is 2.52. The van der Waals surface area contributed by atoms with E-state index in [1.54, 1.807) is 7.05 Å². The molecule has 0 saturated heterocycles. The maximum Gasteiger partial charge on any atom is 0.419 e. The molecule has 0 fully saturated rings. The zero-order valence-electron chi connectivity index (χ0n) is 12.3. The number of oxazole rings is 1. The molecule has 104 valence electrons. The van der Waals surface area contributed by atoms with Crippen LogP contribution in [0.3, 0.4) is 0 Å². The molecule has 0 saturated carbocycles. The monoisotopic (exact) mass is 262 g/mol. The molecule has 0 radical (unpaired) electrons. The van der Waals surface area contributed by atoms with Gasteiger partial charge in [0, 0.05) is 13.1 Å². The van der Waals surface area contributed by atoms with Crippen molar-refractivity contribution in [2.45, 2.75) is 33.7 Å². The summed E-state index contributed by atoms with van der Waals surface area (Å²) in [4.78, 5) is 11.5. The van der Waals surface area contributed by atoms with Gasteiger partial charge in [0.2, 0.25) is 0 Å². The van der Waals surface area contributed by atoms with Crippen LogP contribution in [0.25, 0.3) is 11.1 Å². The van der Waals surface area contributed by atoms with Gasteiger partial charge in [0.25, 0.3) is 0 Å². The predicted molar refractivity (Wildman–Crippen MR) is 77.3 cm³/mol. The van der Waals surface area contributed by atoms with Crippen molar-refractivity contribution in [3.63, 3.8) is 0 Å². The van der Waals surface area contributed by atoms with Crippen LogP contribution in [0.5, 0.6) is 0 Å². The number of nitrogens with one attached hydrogen (secondary N) is 1. The second-order valence-corrected chi connectivity index (χ2v) is 6.01. The van der Waals surface area contributed by atoms with Gasteiger partial charge in [-0.3, -0.25) is 4.57 Å². The number of hydrogen-bond acceptors (Lipinski definition) is 3. The van der Waals surface area contributed by atoms with Crippen molar-refractivity contribution in [1.82, 2.24) is 9.88 Å². The first-order valence-corrected chi connectivity index (χ1v) is 6.67. The number of benzene rings is 1. The van der Waals surface area contributed by atoms with Crippen molar-refractivity contribution < 1.29 is 4.42 Å². The lowest BCUT2D eigenvalue weighted by Gasteiger charge is -2.31. The molecule has 1 atom stereocenters. The average Bonchev–Trinajstić information content (AvgIpc) is 2.60. The summed E-state index contributed by atoms with van der Waals surface area (Å²) in [6, 6.07) is 6.21. The van der Waals surface area contributed by atoms with Gasteiger partial charge in [-0.1, -0.05) is 33.8 Å². The first-order valence-electron chi connectivity index (χ1n) is 6.67. The number of aromatic nitrogens is 1. The predicted octanol–water partition coefficient (Wildman–Crippen LogP) is 2.83. The average molecular weight is 262 g/mol. The van der Waals surface area contributed by atoms with E-state index in [1.165, 1.54) is 4.57 Å². The molecule has 0 aliphatic heterocycles. The molecule has 1 aromatic carbocycles. The van der Waals surface area contributed by atoms with Crippen LogP contribution in [0, 0.1) is 5.41 Å². The lowest BCUT2D eigenvalue weighted by molar-refractivity contribution is 0.277. The second-order valence-electron chi connectivity index (χ2n) is 6.01. The van der Waals surface area contributed by atoms with E-state index in [9.17, 15) is 4.79 Å². The van der Waals surface area contributed by atoms with Crippen molar-refractivity contribution in [3.05, 3.63) is 34.3 Å². The minimum Gasteiger partial charge on any atom is -0.408 e. The number of aryl methyl sites for hydroxylation is 1. The third-order valence-electron chi connectivity index (χ3n) is 3.42. The summed E-state index contributed by atoms with van der Waals surface area (Å²) >= 11 is 0. The van der Waals surface area contributed by atoms with Gasteiger partial charge in [-0.25, -0.2) is 4.79 Å². The number of hydrogen-bond donors (Lipinski definition) is 1. The summed E-state index contributed by atoms with van der Waals surface area (Å²) in [6.45, 7) is 9.60. The summed E-state index contributed by atoms with van der Waals surface area (Å²) in [5.41, 5.74) is 2.73. The van der Waals surface area contributed by atoms with Crippen molar-refractivity contribution in [2.75, 3.05) is 6.54 Å². The highest BCUT2D eigenvalue weighted by Gasteiger charge is 2.26. The number of nitrogens with zero attached hydrogens (tertiary/aromatic N) is 1. The maximum absolute atomic E-state index is 11.5. The molecule has 0 spiro atoms. The number of fused-ring (bicyclic) bond motifs is 1. The molecule has 0 amide bonds. The fourth-order valence-electron chi connectivity index (χ4n) is 2.46. The molecule has 2 aromatic rings. The summed E-state index contributed by atoms with van der Waals surface area (Å²) < 4.78 is 6.79. The van der Waals surface area contributed by atoms with Gasteiger partial charge >= 0.3 is 5.76 Å². The van der Waals surface area contributed by atoms with Gasteiger partial charge < -0.3 is 9.73 Å². The van der Waals surface area contributed by atoms with E-state index in [4.69, 9.17) is 4.42 Å². The van der Waals surface area contributed by atoms with E-state index in [0.29, 0.717) is 5.58 Å². The Morgan fingerprint density at radius 3 is 2.63 bits per heavy atom. The Morgan fingerprint density at radius 2 is 2.05 bits per heavy atom. The molecule has 1 aromatic heterocycles. The molecule has 4 heteroatoms. The molecular weight excluding hydrogens is 240 g/mol. The van der Waals surface area contributed by atoms with Crippen LogP contribution in [-0.4, -0.2) is 11.1 Å². The zero-order valence-corrected chi connectivity index (χ0v) is 12.3. The minimum absolute atomic E-state index is 0.0960. The quantitative estimate of drug-likeness (QED) is 0.925. The standard InChI is InChI=1S/C15H22N2O2/c1-6-16-13(15(2,3)4)10-7-8-11-12(9-10)19-14(18)17(11)5/h7-9,13,16H,6H2,1-5H3. The molecule has 1 unspecified atom stereocenters. The van der Waals surface area contributed by atoms with Crippen LogP contribution in [0.1, 0.15) is 39.3 Å². The van der Waals surface area contributed by atoms with Crippen molar-refractivity contribution >= 4 is 11.1 Å². The Kier molecular flexibility index (Phi) is 3.54. The highest BCUT2D eigenvalue weighted by atomic mass is 16.4. The van der Waals surface area contributed by atoms with E-state index in [2.05, 4.69) is 39.1 Å². The van der Waals surface area contributed by atoms with Gasteiger partial charge in [-0.05, 0) is 29.7 Å². The van der Waals surface area contributed by atoms with Gasteiger partial charge in [0.1, 0.15) is 0 Å². The smallest absolute Gasteiger partial charge is 0.408 e. The molecule has 1 heterocycles. The molecule has 4 nitrogen and oxygen atoms in total. The molecule has 19 heavy (non-hydrogen) atoms. The van der Waals surface area contributed by atoms with E-state index < -0.39 is 0 Å². The molecule has 2 rings (SSSR count). The van der Waals surface area contributed by atoms with Crippen LogP contribution in [0.4, 0.5) is 0 Å². The molecule has 0 bridgehead atoms. The summed E-state index contributed by atoms with van der Waals surface area (Å²) in [7, 11) is 1.72. The molecule has 0 aliphatic rings. The molecule has 0 aliphatic carbocycles. The van der Waals surface area contributed by atoms with Crippen LogP contribution in [0.15, 0.2) is 27.4 Å². The SMILES string of the molecule is CCNC(c1ccc2c(c1)oc(=O)n2C)C(C)(C)C. The molecular formula is C15H22N2O2. The zero-order chi connectivity index (χ0) is 14.2. The van der Waals surface area contributed by atoms with E-state index in [1.807, 2.05) is 12.1 Å². The highest BCUT2D eigenvalue weighted by Crippen LogP contribution is 2.33. The normalized spacial score (nSPS) is 13.9. The Labute approximate surface area is 113 Å².